The van der Waals surface area contributed by atoms with E-state index in [9.17, 15) is 4.79 Å². The molecule has 0 saturated heterocycles. The Kier molecular flexibility index (Phi) is 4.24. The third kappa shape index (κ3) is 6.16. The first-order valence-electron chi connectivity index (χ1n) is 4.27. The third-order valence-corrected chi connectivity index (χ3v) is 1.70. The van der Waals surface area contributed by atoms with Gasteiger partial charge < -0.3 is 10.8 Å². The van der Waals surface area contributed by atoms with E-state index in [2.05, 4.69) is 20.8 Å². The number of carboxylic acids is 1. The van der Waals surface area contributed by atoms with Crippen molar-refractivity contribution < 1.29 is 9.90 Å². The molecule has 0 fully saturated rings. The van der Waals surface area contributed by atoms with E-state index in [1.54, 1.807) is 0 Å². The Morgan fingerprint density at radius 1 is 1.50 bits per heavy atom. The van der Waals surface area contributed by atoms with Crippen molar-refractivity contribution in [2.75, 3.05) is 6.54 Å². The van der Waals surface area contributed by atoms with Gasteiger partial charge in [-0.05, 0) is 24.3 Å². The van der Waals surface area contributed by atoms with Crippen molar-refractivity contribution >= 4 is 5.97 Å². The summed E-state index contributed by atoms with van der Waals surface area (Å²) in [7, 11) is 0. The van der Waals surface area contributed by atoms with Crippen molar-refractivity contribution in [3.8, 4) is 0 Å². The average Bonchev–Trinajstić information content (AvgIpc) is 1.82. The molecule has 0 radical (unpaired) electrons. The first-order chi connectivity index (χ1) is 5.35. The number of aliphatic carboxylic acids is 1. The fourth-order valence-corrected chi connectivity index (χ4v) is 1.35. The molecule has 72 valence electrons. The van der Waals surface area contributed by atoms with Crippen molar-refractivity contribution in [3.05, 3.63) is 0 Å². The lowest BCUT2D eigenvalue weighted by Gasteiger charge is -2.23. The Morgan fingerprint density at radius 2 is 2.00 bits per heavy atom. The predicted molar refractivity (Wildman–Crippen MR) is 48.9 cm³/mol. The lowest BCUT2D eigenvalue weighted by molar-refractivity contribution is -0.138. The van der Waals surface area contributed by atoms with Crippen LogP contribution in [0.2, 0.25) is 0 Å². The largest absolute Gasteiger partial charge is 0.481 e. The van der Waals surface area contributed by atoms with Gasteiger partial charge in [-0.3, -0.25) is 4.79 Å². The molecular formula is C9H19NO2. The van der Waals surface area contributed by atoms with E-state index in [-0.39, 0.29) is 17.8 Å². The summed E-state index contributed by atoms with van der Waals surface area (Å²) in [6.45, 7) is 6.75. The summed E-state index contributed by atoms with van der Waals surface area (Å²) < 4.78 is 0. The van der Waals surface area contributed by atoms with Gasteiger partial charge in [0.05, 0.1) is 0 Å². The van der Waals surface area contributed by atoms with Gasteiger partial charge in [-0.25, -0.2) is 0 Å². The highest BCUT2D eigenvalue weighted by Crippen LogP contribution is 2.25. The monoisotopic (exact) mass is 173 g/mol. The van der Waals surface area contributed by atoms with Crippen molar-refractivity contribution in [2.45, 2.75) is 33.6 Å². The average molecular weight is 173 g/mol. The second-order valence-corrected chi connectivity index (χ2v) is 4.46. The van der Waals surface area contributed by atoms with Crippen LogP contribution in [-0.2, 0) is 4.79 Å². The summed E-state index contributed by atoms with van der Waals surface area (Å²) in [5, 5.41) is 8.56. The maximum atomic E-state index is 10.4. The topological polar surface area (TPSA) is 63.3 Å². The van der Waals surface area contributed by atoms with Gasteiger partial charge in [0, 0.05) is 6.42 Å². The van der Waals surface area contributed by atoms with E-state index >= 15 is 0 Å². The lowest BCUT2D eigenvalue weighted by Crippen LogP contribution is -2.23. The fraction of sp³-hybridized carbons (Fsp3) is 0.889. The number of nitrogens with two attached hydrogens (primary N) is 1. The Bertz CT molecular complexity index is 149. The van der Waals surface area contributed by atoms with Gasteiger partial charge in [0.15, 0.2) is 0 Å². The highest BCUT2D eigenvalue weighted by molar-refractivity contribution is 5.67. The highest BCUT2D eigenvalue weighted by atomic mass is 16.4. The smallest absolute Gasteiger partial charge is 0.303 e. The van der Waals surface area contributed by atoms with Gasteiger partial charge in [0.1, 0.15) is 0 Å². The van der Waals surface area contributed by atoms with Gasteiger partial charge in [-0.15, -0.1) is 0 Å². The van der Waals surface area contributed by atoms with Crippen molar-refractivity contribution in [2.24, 2.45) is 17.1 Å². The molecule has 3 nitrogen and oxygen atoms in total. The van der Waals surface area contributed by atoms with Crippen LogP contribution in [0, 0.1) is 11.3 Å². The van der Waals surface area contributed by atoms with E-state index < -0.39 is 5.97 Å². The molecule has 0 aromatic carbocycles. The minimum Gasteiger partial charge on any atom is -0.481 e. The Hall–Kier alpha value is -0.570. The summed E-state index contributed by atoms with van der Waals surface area (Å²) in [4.78, 5) is 10.4. The van der Waals surface area contributed by atoms with Gasteiger partial charge in [0.25, 0.3) is 0 Å². The van der Waals surface area contributed by atoms with Crippen LogP contribution in [0.15, 0.2) is 0 Å². The maximum absolute atomic E-state index is 10.4. The first-order valence-corrected chi connectivity index (χ1v) is 4.27. The van der Waals surface area contributed by atoms with Crippen molar-refractivity contribution in [1.82, 2.24) is 0 Å². The molecule has 0 aromatic rings. The number of rotatable bonds is 4. The van der Waals surface area contributed by atoms with Crippen LogP contribution in [0.3, 0.4) is 0 Å². The van der Waals surface area contributed by atoms with Crippen LogP contribution >= 0.6 is 0 Å². The van der Waals surface area contributed by atoms with Gasteiger partial charge in [0.2, 0.25) is 0 Å². The number of carbonyl (C=O) groups is 1. The SMILES string of the molecule is CC(C)(C)C[C@@H](CN)CC(=O)O. The normalized spacial score (nSPS) is 14.3. The van der Waals surface area contributed by atoms with Crippen LogP contribution in [0.1, 0.15) is 33.6 Å². The number of carboxylic acid groups (broad SMARTS) is 1. The van der Waals surface area contributed by atoms with Crippen LogP contribution in [0.25, 0.3) is 0 Å². The molecule has 0 amide bonds. The summed E-state index contributed by atoms with van der Waals surface area (Å²) in [5.41, 5.74) is 5.63. The zero-order chi connectivity index (χ0) is 9.78. The molecule has 0 saturated carbocycles. The molecule has 0 heterocycles. The first kappa shape index (κ1) is 11.4. The zero-order valence-electron chi connectivity index (χ0n) is 8.13. The minimum atomic E-state index is -0.755. The predicted octanol–water partition coefficient (Wildman–Crippen LogP) is 1.47. The Labute approximate surface area is 74.0 Å². The summed E-state index contributed by atoms with van der Waals surface area (Å²) >= 11 is 0. The molecule has 0 rings (SSSR count). The second kappa shape index (κ2) is 4.45. The fourth-order valence-electron chi connectivity index (χ4n) is 1.35. The molecule has 0 unspecified atom stereocenters. The maximum Gasteiger partial charge on any atom is 0.303 e. The summed E-state index contributed by atoms with van der Waals surface area (Å²) in [5.74, 6) is -0.641. The second-order valence-electron chi connectivity index (χ2n) is 4.46. The Balaban J connectivity index is 3.92. The van der Waals surface area contributed by atoms with Crippen LogP contribution < -0.4 is 5.73 Å². The summed E-state index contributed by atoms with van der Waals surface area (Å²) in [6.07, 6.45) is 1.06. The van der Waals surface area contributed by atoms with E-state index in [1.165, 1.54) is 0 Å². The molecule has 0 aliphatic rings. The molecule has 0 aliphatic carbocycles. The standard InChI is InChI=1S/C9H19NO2/c1-9(2,3)5-7(6-10)4-8(11)12/h7H,4-6,10H2,1-3H3,(H,11,12)/t7-/m0/s1. The van der Waals surface area contributed by atoms with E-state index in [1.807, 2.05) is 0 Å². The number of hydrogen-bond donors (Lipinski definition) is 2. The molecule has 0 aromatic heterocycles. The van der Waals surface area contributed by atoms with Gasteiger partial charge in [-0.2, -0.15) is 0 Å². The summed E-state index contributed by atoms with van der Waals surface area (Å²) in [6, 6.07) is 0. The number of hydrogen-bond acceptors (Lipinski definition) is 2. The molecule has 0 aliphatic heterocycles. The molecule has 12 heavy (non-hydrogen) atoms. The lowest BCUT2D eigenvalue weighted by atomic mass is 9.83. The van der Waals surface area contributed by atoms with Crippen molar-refractivity contribution in [3.63, 3.8) is 0 Å². The molecule has 0 spiro atoms. The quantitative estimate of drug-likeness (QED) is 0.676. The van der Waals surface area contributed by atoms with Crippen molar-refractivity contribution in [1.29, 1.82) is 0 Å². The van der Waals surface area contributed by atoms with Gasteiger partial charge >= 0.3 is 5.97 Å². The Morgan fingerprint density at radius 3 is 2.25 bits per heavy atom. The van der Waals surface area contributed by atoms with Crippen LogP contribution in [0.5, 0.6) is 0 Å². The highest BCUT2D eigenvalue weighted by Gasteiger charge is 2.19. The van der Waals surface area contributed by atoms with E-state index in [0.29, 0.717) is 6.54 Å². The molecular weight excluding hydrogens is 154 g/mol. The molecule has 3 N–H and O–H groups in total. The molecule has 1 atom stereocenters. The van der Waals surface area contributed by atoms with Crippen LogP contribution in [0.4, 0.5) is 0 Å². The van der Waals surface area contributed by atoms with E-state index in [0.717, 1.165) is 6.42 Å². The van der Waals surface area contributed by atoms with Crippen LogP contribution in [-0.4, -0.2) is 17.6 Å². The zero-order valence-corrected chi connectivity index (χ0v) is 8.13. The van der Waals surface area contributed by atoms with E-state index in [4.69, 9.17) is 10.8 Å². The molecule has 3 heteroatoms. The third-order valence-electron chi connectivity index (χ3n) is 1.70. The van der Waals surface area contributed by atoms with Gasteiger partial charge in [-0.1, -0.05) is 20.8 Å². The minimum absolute atomic E-state index is 0.113. The molecule has 0 bridgehead atoms.